The summed E-state index contributed by atoms with van der Waals surface area (Å²) in [6, 6.07) is 0.814. The van der Waals surface area contributed by atoms with Gasteiger partial charge < -0.3 is 10.2 Å². The van der Waals surface area contributed by atoms with E-state index in [1.165, 1.54) is 39.0 Å². The van der Waals surface area contributed by atoms with Crippen LogP contribution >= 0.6 is 0 Å². The standard InChI is InChI=1S/C11H22N2/c1-9-4-3-5-13(10(9)2)8-11-6-12-7-11/h9-12H,3-8H2,1-2H3. The Kier molecular flexibility index (Phi) is 2.89. The molecule has 76 valence electrons. The van der Waals surface area contributed by atoms with Crippen LogP contribution in [0.5, 0.6) is 0 Å². The maximum atomic E-state index is 3.35. The van der Waals surface area contributed by atoms with E-state index >= 15 is 0 Å². The molecule has 0 aromatic rings. The first-order chi connectivity index (χ1) is 6.27. The van der Waals surface area contributed by atoms with E-state index in [2.05, 4.69) is 24.1 Å². The maximum absolute atomic E-state index is 3.35. The molecule has 2 aliphatic heterocycles. The lowest BCUT2D eigenvalue weighted by Crippen LogP contribution is -2.52. The molecule has 0 aliphatic carbocycles. The summed E-state index contributed by atoms with van der Waals surface area (Å²) in [4.78, 5) is 2.69. The highest BCUT2D eigenvalue weighted by Gasteiger charge is 2.28. The van der Waals surface area contributed by atoms with Gasteiger partial charge in [-0.2, -0.15) is 0 Å². The first kappa shape index (κ1) is 9.47. The molecule has 0 amide bonds. The lowest BCUT2D eigenvalue weighted by atomic mass is 9.90. The summed E-state index contributed by atoms with van der Waals surface area (Å²) in [7, 11) is 0. The predicted octanol–water partition coefficient (Wildman–Crippen LogP) is 1.33. The van der Waals surface area contributed by atoms with Gasteiger partial charge in [0.2, 0.25) is 0 Å². The van der Waals surface area contributed by atoms with Gasteiger partial charge in [-0.3, -0.25) is 0 Å². The van der Waals surface area contributed by atoms with Crippen LogP contribution in [0.25, 0.3) is 0 Å². The van der Waals surface area contributed by atoms with Crippen LogP contribution in [0.2, 0.25) is 0 Å². The number of hydrogen-bond acceptors (Lipinski definition) is 2. The van der Waals surface area contributed by atoms with Crippen molar-refractivity contribution in [3.63, 3.8) is 0 Å². The van der Waals surface area contributed by atoms with Gasteiger partial charge in [0.25, 0.3) is 0 Å². The van der Waals surface area contributed by atoms with Crippen molar-refractivity contribution in [2.24, 2.45) is 11.8 Å². The monoisotopic (exact) mass is 182 g/mol. The van der Waals surface area contributed by atoms with Crippen LogP contribution in [0.3, 0.4) is 0 Å². The van der Waals surface area contributed by atoms with E-state index in [-0.39, 0.29) is 0 Å². The molecule has 2 saturated heterocycles. The number of nitrogens with zero attached hydrogens (tertiary/aromatic N) is 1. The number of hydrogen-bond donors (Lipinski definition) is 1. The van der Waals surface area contributed by atoms with E-state index in [1.54, 1.807) is 0 Å². The third-order valence-electron chi connectivity index (χ3n) is 3.86. The number of nitrogens with one attached hydrogen (secondary N) is 1. The predicted molar refractivity (Wildman–Crippen MR) is 55.8 cm³/mol. The van der Waals surface area contributed by atoms with Crippen LogP contribution in [0.15, 0.2) is 0 Å². The Hall–Kier alpha value is -0.0800. The van der Waals surface area contributed by atoms with Gasteiger partial charge in [0.1, 0.15) is 0 Å². The first-order valence-electron chi connectivity index (χ1n) is 5.72. The van der Waals surface area contributed by atoms with Crippen molar-refractivity contribution in [1.82, 2.24) is 10.2 Å². The van der Waals surface area contributed by atoms with E-state index in [1.807, 2.05) is 0 Å². The van der Waals surface area contributed by atoms with E-state index in [4.69, 9.17) is 0 Å². The van der Waals surface area contributed by atoms with Gasteiger partial charge in [-0.05, 0) is 38.1 Å². The summed E-state index contributed by atoms with van der Waals surface area (Å²) >= 11 is 0. The molecule has 13 heavy (non-hydrogen) atoms. The van der Waals surface area contributed by atoms with E-state index in [0.29, 0.717) is 0 Å². The minimum atomic E-state index is 0.814. The van der Waals surface area contributed by atoms with Crippen molar-refractivity contribution in [2.75, 3.05) is 26.2 Å². The molecule has 2 atom stereocenters. The zero-order valence-corrected chi connectivity index (χ0v) is 8.92. The average molecular weight is 182 g/mol. The summed E-state index contributed by atoms with van der Waals surface area (Å²) in [5, 5.41) is 3.35. The Balaban J connectivity index is 1.82. The summed E-state index contributed by atoms with van der Waals surface area (Å²) < 4.78 is 0. The molecule has 0 aromatic carbocycles. The lowest BCUT2D eigenvalue weighted by Gasteiger charge is -2.41. The quantitative estimate of drug-likeness (QED) is 0.693. The Morgan fingerprint density at radius 3 is 2.69 bits per heavy atom. The molecular weight excluding hydrogens is 160 g/mol. The molecule has 0 spiro atoms. The molecule has 0 radical (unpaired) electrons. The molecule has 0 bridgehead atoms. The van der Waals surface area contributed by atoms with Crippen LogP contribution in [-0.2, 0) is 0 Å². The highest BCUT2D eigenvalue weighted by Crippen LogP contribution is 2.24. The van der Waals surface area contributed by atoms with E-state index in [9.17, 15) is 0 Å². The largest absolute Gasteiger partial charge is 0.316 e. The highest BCUT2D eigenvalue weighted by atomic mass is 15.2. The van der Waals surface area contributed by atoms with Crippen molar-refractivity contribution in [1.29, 1.82) is 0 Å². The molecule has 2 heterocycles. The van der Waals surface area contributed by atoms with E-state index < -0.39 is 0 Å². The molecular formula is C11H22N2. The first-order valence-corrected chi connectivity index (χ1v) is 5.72. The SMILES string of the molecule is CC1CCCN(CC2CNC2)C1C. The van der Waals surface area contributed by atoms with Crippen molar-refractivity contribution in [3.8, 4) is 0 Å². The smallest absolute Gasteiger partial charge is 0.00926 e. The molecule has 2 unspecified atom stereocenters. The van der Waals surface area contributed by atoms with Gasteiger partial charge in [0, 0.05) is 25.7 Å². The summed E-state index contributed by atoms with van der Waals surface area (Å²) in [5.74, 6) is 1.84. The molecule has 2 fully saturated rings. The molecule has 2 aliphatic rings. The summed E-state index contributed by atoms with van der Waals surface area (Å²) in [6.45, 7) is 9.96. The minimum absolute atomic E-state index is 0.814. The maximum Gasteiger partial charge on any atom is 0.00926 e. The Morgan fingerprint density at radius 1 is 1.31 bits per heavy atom. The lowest BCUT2D eigenvalue weighted by molar-refractivity contribution is 0.0834. The summed E-state index contributed by atoms with van der Waals surface area (Å²) in [5.41, 5.74) is 0. The van der Waals surface area contributed by atoms with Gasteiger partial charge in [-0.15, -0.1) is 0 Å². The Morgan fingerprint density at radius 2 is 2.08 bits per heavy atom. The van der Waals surface area contributed by atoms with E-state index in [0.717, 1.165) is 17.9 Å². The zero-order valence-electron chi connectivity index (χ0n) is 8.92. The second-order valence-electron chi connectivity index (χ2n) is 4.88. The number of likely N-dealkylation sites (tertiary alicyclic amines) is 1. The summed E-state index contributed by atoms with van der Waals surface area (Å²) in [6.07, 6.45) is 2.84. The topological polar surface area (TPSA) is 15.3 Å². The molecule has 2 nitrogen and oxygen atoms in total. The van der Waals surface area contributed by atoms with Crippen LogP contribution in [0.1, 0.15) is 26.7 Å². The minimum Gasteiger partial charge on any atom is -0.316 e. The normalized spacial score (nSPS) is 37.4. The second kappa shape index (κ2) is 3.97. The fraction of sp³-hybridized carbons (Fsp3) is 1.00. The molecule has 2 rings (SSSR count). The van der Waals surface area contributed by atoms with Gasteiger partial charge in [-0.1, -0.05) is 6.92 Å². The Labute approximate surface area is 81.7 Å². The average Bonchev–Trinajstić information content (AvgIpc) is 2.04. The second-order valence-corrected chi connectivity index (χ2v) is 4.88. The van der Waals surface area contributed by atoms with Crippen molar-refractivity contribution in [2.45, 2.75) is 32.7 Å². The zero-order chi connectivity index (χ0) is 9.26. The molecule has 1 N–H and O–H groups in total. The van der Waals surface area contributed by atoms with Crippen LogP contribution < -0.4 is 5.32 Å². The van der Waals surface area contributed by atoms with Gasteiger partial charge in [0.15, 0.2) is 0 Å². The number of piperidine rings is 1. The molecule has 2 heteroatoms. The third-order valence-corrected chi connectivity index (χ3v) is 3.86. The van der Waals surface area contributed by atoms with Crippen LogP contribution in [-0.4, -0.2) is 37.1 Å². The molecule has 0 aromatic heterocycles. The Bertz CT molecular complexity index is 165. The van der Waals surface area contributed by atoms with Gasteiger partial charge in [-0.25, -0.2) is 0 Å². The van der Waals surface area contributed by atoms with Crippen LogP contribution in [0.4, 0.5) is 0 Å². The van der Waals surface area contributed by atoms with Crippen LogP contribution in [0, 0.1) is 11.8 Å². The fourth-order valence-corrected chi connectivity index (χ4v) is 2.49. The van der Waals surface area contributed by atoms with Gasteiger partial charge in [0.05, 0.1) is 0 Å². The van der Waals surface area contributed by atoms with Gasteiger partial charge >= 0.3 is 0 Å². The highest BCUT2D eigenvalue weighted by molar-refractivity contribution is 4.84. The van der Waals surface area contributed by atoms with Crippen molar-refractivity contribution in [3.05, 3.63) is 0 Å². The number of rotatable bonds is 2. The molecule has 0 saturated carbocycles. The third kappa shape index (κ3) is 2.05. The van der Waals surface area contributed by atoms with Crippen molar-refractivity contribution < 1.29 is 0 Å². The van der Waals surface area contributed by atoms with Crippen molar-refractivity contribution >= 4 is 0 Å². The fourth-order valence-electron chi connectivity index (χ4n) is 2.49.